The van der Waals surface area contributed by atoms with Crippen molar-refractivity contribution in [1.82, 2.24) is 20.0 Å². The lowest BCUT2D eigenvalue weighted by molar-refractivity contribution is -0.149. The van der Waals surface area contributed by atoms with Crippen LogP contribution in [0.2, 0.25) is 0 Å². The molecule has 0 aromatic carbocycles. The molecule has 1 N–H and O–H groups in total. The van der Waals surface area contributed by atoms with Gasteiger partial charge >= 0.3 is 5.97 Å². The van der Waals surface area contributed by atoms with E-state index in [2.05, 4.69) is 20.2 Å². The zero-order valence-corrected chi connectivity index (χ0v) is 13.0. The number of aliphatic carboxylic acids is 1. The number of aryl methyl sites for hydroxylation is 1. The number of hydrogen-bond donors (Lipinski definition) is 1. The van der Waals surface area contributed by atoms with Crippen molar-refractivity contribution in [3.63, 3.8) is 0 Å². The van der Waals surface area contributed by atoms with Crippen molar-refractivity contribution >= 4 is 11.8 Å². The summed E-state index contributed by atoms with van der Waals surface area (Å²) in [5.41, 5.74) is 0.325. The first-order chi connectivity index (χ1) is 11.1. The van der Waals surface area contributed by atoms with E-state index in [1.807, 2.05) is 31.3 Å². The van der Waals surface area contributed by atoms with Crippen LogP contribution in [0.25, 0.3) is 5.82 Å². The van der Waals surface area contributed by atoms with Gasteiger partial charge in [-0.05, 0) is 43.9 Å². The molecule has 4 rings (SSSR count). The molecule has 0 amide bonds. The Balaban J connectivity index is 1.57. The predicted octanol–water partition coefficient (Wildman–Crippen LogP) is 1.66. The number of nitrogens with zero attached hydrogens (tertiary/aromatic N) is 5. The molecular formula is C16H19N5O2. The Labute approximate surface area is 133 Å². The van der Waals surface area contributed by atoms with E-state index in [-0.39, 0.29) is 5.92 Å². The van der Waals surface area contributed by atoms with Crippen LogP contribution < -0.4 is 4.90 Å². The third-order valence-corrected chi connectivity index (χ3v) is 5.21. The number of anilines is 1. The molecule has 0 unspecified atom stereocenters. The highest BCUT2D eigenvalue weighted by Crippen LogP contribution is 2.49. The van der Waals surface area contributed by atoms with Crippen LogP contribution in [-0.2, 0) is 4.79 Å². The van der Waals surface area contributed by atoms with E-state index in [9.17, 15) is 9.90 Å². The molecule has 7 nitrogen and oxygen atoms in total. The Morgan fingerprint density at radius 3 is 2.70 bits per heavy atom. The van der Waals surface area contributed by atoms with Crippen molar-refractivity contribution < 1.29 is 9.90 Å². The number of aromatic nitrogens is 4. The molecule has 2 aliphatic rings. The van der Waals surface area contributed by atoms with Crippen LogP contribution in [0.4, 0.5) is 5.82 Å². The van der Waals surface area contributed by atoms with E-state index in [1.54, 1.807) is 4.68 Å². The number of carboxylic acids is 1. The van der Waals surface area contributed by atoms with Crippen LogP contribution in [0.15, 0.2) is 24.4 Å². The third kappa shape index (κ3) is 2.18. The minimum absolute atomic E-state index is 0.218. The molecular weight excluding hydrogens is 294 g/mol. The summed E-state index contributed by atoms with van der Waals surface area (Å²) >= 11 is 0. The summed E-state index contributed by atoms with van der Waals surface area (Å²) in [5.74, 6) is 0.955. The zero-order valence-electron chi connectivity index (χ0n) is 13.0. The van der Waals surface area contributed by atoms with Gasteiger partial charge in [-0.3, -0.25) is 4.79 Å². The van der Waals surface area contributed by atoms with E-state index in [1.165, 1.54) is 0 Å². The van der Waals surface area contributed by atoms with Gasteiger partial charge in [-0.15, -0.1) is 10.2 Å². The summed E-state index contributed by atoms with van der Waals surface area (Å²) in [4.78, 5) is 13.8. The molecule has 0 spiro atoms. The number of hydrogen-bond acceptors (Lipinski definition) is 5. The molecule has 7 heteroatoms. The van der Waals surface area contributed by atoms with E-state index in [4.69, 9.17) is 0 Å². The minimum atomic E-state index is -0.668. The van der Waals surface area contributed by atoms with Gasteiger partial charge in [0.2, 0.25) is 0 Å². The molecule has 1 aliphatic carbocycles. The second-order valence-corrected chi connectivity index (χ2v) is 6.58. The molecule has 1 aliphatic heterocycles. The average Bonchev–Trinajstić information content (AvgIpc) is 3.21. The Bertz CT molecular complexity index is 741. The first kappa shape index (κ1) is 14.2. The maximum Gasteiger partial charge on any atom is 0.311 e. The van der Waals surface area contributed by atoms with Gasteiger partial charge < -0.3 is 10.0 Å². The molecule has 3 heterocycles. The summed E-state index contributed by atoms with van der Waals surface area (Å²) in [6.07, 6.45) is 4.61. The molecule has 23 heavy (non-hydrogen) atoms. The molecule has 2 aromatic rings. The lowest BCUT2D eigenvalue weighted by Gasteiger charge is -2.23. The summed E-state index contributed by atoms with van der Waals surface area (Å²) in [6.45, 7) is 3.20. The van der Waals surface area contributed by atoms with Gasteiger partial charge in [-0.25, -0.2) is 4.68 Å². The quantitative estimate of drug-likeness (QED) is 0.928. The fourth-order valence-electron chi connectivity index (χ4n) is 3.97. The average molecular weight is 313 g/mol. The first-order valence-corrected chi connectivity index (χ1v) is 7.93. The Kier molecular flexibility index (Phi) is 3.11. The van der Waals surface area contributed by atoms with E-state index >= 15 is 0 Å². The van der Waals surface area contributed by atoms with Crippen molar-refractivity contribution in [1.29, 1.82) is 0 Å². The second-order valence-electron chi connectivity index (χ2n) is 6.58. The van der Waals surface area contributed by atoms with E-state index in [0.717, 1.165) is 37.3 Å². The van der Waals surface area contributed by atoms with E-state index < -0.39 is 11.4 Å². The summed E-state index contributed by atoms with van der Waals surface area (Å²) in [6, 6.07) is 5.68. The largest absolute Gasteiger partial charge is 0.481 e. The van der Waals surface area contributed by atoms with Gasteiger partial charge in [0.1, 0.15) is 0 Å². The molecule has 1 saturated carbocycles. The normalized spacial score (nSPS) is 26.5. The van der Waals surface area contributed by atoms with Crippen LogP contribution in [0.3, 0.4) is 0 Å². The number of rotatable bonds is 3. The third-order valence-electron chi connectivity index (χ3n) is 5.21. The Morgan fingerprint density at radius 2 is 2.09 bits per heavy atom. The van der Waals surface area contributed by atoms with Gasteiger partial charge in [0.25, 0.3) is 0 Å². The van der Waals surface area contributed by atoms with Crippen LogP contribution in [-0.4, -0.2) is 44.1 Å². The fourth-order valence-corrected chi connectivity index (χ4v) is 3.97. The lowest BCUT2D eigenvalue weighted by atomic mass is 9.81. The Hall–Kier alpha value is -2.44. The highest BCUT2D eigenvalue weighted by molar-refractivity contribution is 5.77. The van der Waals surface area contributed by atoms with Gasteiger partial charge in [0.05, 0.1) is 11.1 Å². The van der Waals surface area contributed by atoms with Crippen LogP contribution >= 0.6 is 0 Å². The van der Waals surface area contributed by atoms with Gasteiger partial charge in [-0.2, -0.15) is 5.10 Å². The topological polar surface area (TPSA) is 84.1 Å². The highest BCUT2D eigenvalue weighted by atomic mass is 16.4. The predicted molar refractivity (Wildman–Crippen MR) is 83.5 cm³/mol. The van der Waals surface area contributed by atoms with Crippen LogP contribution in [0.5, 0.6) is 0 Å². The first-order valence-electron chi connectivity index (χ1n) is 7.93. The van der Waals surface area contributed by atoms with Gasteiger partial charge in [0.15, 0.2) is 11.6 Å². The standard InChI is InChI=1S/C16H19N5O2/c1-11-6-8-21(19-11)14-5-4-13(17-18-14)20-9-12-3-2-7-16(12,10-20)15(22)23/h4-6,8,12H,2-3,7,9-10H2,1H3,(H,22,23)/t12-,16+/m0/s1. The second kappa shape index (κ2) is 5.04. The van der Waals surface area contributed by atoms with Crippen LogP contribution in [0, 0.1) is 18.3 Å². The van der Waals surface area contributed by atoms with Gasteiger partial charge in [0, 0.05) is 19.3 Å². The van der Waals surface area contributed by atoms with Crippen molar-refractivity contribution in [3.05, 3.63) is 30.1 Å². The summed E-state index contributed by atoms with van der Waals surface area (Å²) in [7, 11) is 0. The molecule has 0 radical (unpaired) electrons. The van der Waals surface area contributed by atoms with Crippen molar-refractivity contribution in [2.75, 3.05) is 18.0 Å². The fraction of sp³-hybridized carbons (Fsp3) is 0.500. The van der Waals surface area contributed by atoms with Crippen molar-refractivity contribution in [2.24, 2.45) is 11.3 Å². The van der Waals surface area contributed by atoms with Crippen molar-refractivity contribution in [2.45, 2.75) is 26.2 Å². The number of fused-ring (bicyclic) bond motifs is 1. The van der Waals surface area contributed by atoms with Crippen molar-refractivity contribution in [3.8, 4) is 5.82 Å². The highest BCUT2D eigenvalue weighted by Gasteiger charge is 2.55. The smallest absolute Gasteiger partial charge is 0.311 e. The molecule has 2 atom stereocenters. The Morgan fingerprint density at radius 1 is 1.30 bits per heavy atom. The monoisotopic (exact) mass is 313 g/mol. The summed E-state index contributed by atoms with van der Waals surface area (Å²) < 4.78 is 1.68. The van der Waals surface area contributed by atoms with E-state index in [0.29, 0.717) is 12.4 Å². The molecule has 0 bridgehead atoms. The molecule has 1 saturated heterocycles. The number of carboxylic acid groups (broad SMARTS) is 1. The molecule has 120 valence electrons. The molecule has 2 fully saturated rings. The maximum atomic E-state index is 11.7. The zero-order chi connectivity index (χ0) is 16.0. The summed E-state index contributed by atoms with van der Waals surface area (Å²) in [5, 5.41) is 22.5. The van der Waals surface area contributed by atoms with Crippen LogP contribution in [0.1, 0.15) is 25.0 Å². The lowest BCUT2D eigenvalue weighted by Crippen LogP contribution is -2.35. The van der Waals surface area contributed by atoms with Gasteiger partial charge in [-0.1, -0.05) is 6.42 Å². The SMILES string of the molecule is Cc1ccn(-c2ccc(N3C[C@@H]4CCC[C@@]4(C(=O)O)C3)nn2)n1. The minimum Gasteiger partial charge on any atom is -0.481 e. The molecule has 2 aromatic heterocycles. The number of carbonyl (C=O) groups is 1. The maximum absolute atomic E-state index is 11.7.